The molecule has 2 amide bonds. The molecule has 0 bridgehead atoms. The Morgan fingerprint density at radius 1 is 1.11 bits per heavy atom. The summed E-state index contributed by atoms with van der Waals surface area (Å²) in [7, 11) is 2.82. The number of ether oxygens (including phenoxy) is 3. The number of aliphatic hydroxyl groups is 1. The van der Waals surface area contributed by atoms with Crippen LogP contribution in [0.15, 0.2) is 48.5 Å². The van der Waals surface area contributed by atoms with Crippen LogP contribution in [0.2, 0.25) is 0 Å². The molecule has 8 heteroatoms. The smallest absolute Gasteiger partial charge is 0.414 e. The minimum absolute atomic E-state index is 0.145. The van der Waals surface area contributed by atoms with Gasteiger partial charge in [0.2, 0.25) is 0 Å². The second kappa shape index (κ2) is 10.3. The standard InChI is InChI=1S/C20H23NO7/c1-26-16-9-8-14(12-15(16)23)18(17(27-2)10-11-22)28-20(25)21-19(24)13-6-4-3-5-7-13/h3-9,12,17-18,22-23H,10-11H2,1-2H3,(H,21,24,25)/t17-,18-/m0/s1. The Bertz CT molecular complexity index is 794. The molecule has 0 saturated heterocycles. The highest BCUT2D eigenvalue weighted by atomic mass is 16.6. The van der Waals surface area contributed by atoms with Crippen LogP contribution in [-0.4, -0.2) is 49.1 Å². The van der Waals surface area contributed by atoms with Gasteiger partial charge < -0.3 is 24.4 Å². The van der Waals surface area contributed by atoms with Crippen molar-refractivity contribution in [2.45, 2.75) is 18.6 Å². The van der Waals surface area contributed by atoms with Crippen LogP contribution < -0.4 is 10.1 Å². The van der Waals surface area contributed by atoms with Gasteiger partial charge in [-0.3, -0.25) is 10.1 Å². The van der Waals surface area contributed by atoms with Crippen LogP contribution in [0.3, 0.4) is 0 Å². The Morgan fingerprint density at radius 2 is 1.82 bits per heavy atom. The minimum Gasteiger partial charge on any atom is -0.504 e. The number of aromatic hydroxyl groups is 1. The molecular weight excluding hydrogens is 366 g/mol. The van der Waals surface area contributed by atoms with Crippen molar-refractivity contribution >= 4 is 12.0 Å². The van der Waals surface area contributed by atoms with Crippen molar-refractivity contribution in [2.24, 2.45) is 0 Å². The first-order valence-electron chi connectivity index (χ1n) is 8.57. The van der Waals surface area contributed by atoms with Gasteiger partial charge in [-0.25, -0.2) is 4.79 Å². The number of nitrogens with one attached hydrogen (secondary N) is 1. The molecule has 28 heavy (non-hydrogen) atoms. The molecule has 0 heterocycles. The highest BCUT2D eigenvalue weighted by Gasteiger charge is 2.28. The summed E-state index contributed by atoms with van der Waals surface area (Å²) in [5.74, 6) is -0.506. The Labute approximate surface area is 162 Å². The van der Waals surface area contributed by atoms with Gasteiger partial charge in [0, 0.05) is 25.7 Å². The summed E-state index contributed by atoms with van der Waals surface area (Å²) in [5.41, 5.74) is 0.720. The van der Waals surface area contributed by atoms with E-state index in [0.717, 1.165) is 0 Å². The molecule has 0 radical (unpaired) electrons. The van der Waals surface area contributed by atoms with Crippen molar-refractivity contribution in [3.63, 3.8) is 0 Å². The van der Waals surface area contributed by atoms with Crippen LogP contribution in [0.1, 0.15) is 28.4 Å². The van der Waals surface area contributed by atoms with Gasteiger partial charge in [0.15, 0.2) is 17.6 Å². The molecule has 0 unspecified atom stereocenters. The molecule has 0 fully saturated rings. The molecule has 0 aliphatic carbocycles. The van der Waals surface area contributed by atoms with Crippen molar-refractivity contribution in [1.29, 1.82) is 0 Å². The number of methoxy groups -OCH3 is 2. The van der Waals surface area contributed by atoms with E-state index in [0.29, 0.717) is 11.1 Å². The number of rotatable bonds is 8. The fourth-order valence-corrected chi connectivity index (χ4v) is 2.66. The van der Waals surface area contributed by atoms with E-state index in [2.05, 4.69) is 5.32 Å². The highest BCUT2D eigenvalue weighted by molar-refractivity contribution is 6.02. The van der Waals surface area contributed by atoms with Crippen LogP contribution in [0, 0.1) is 0 Å². The average molecular weight is 389 g/mol. The minimum atomic E-state index is -0.978. The van der Waals surface area contributed by atoms with E-state index in [1.54, 1.807) is 36.4 Å². The summed E-state index contributed by atoms with van der Waals surface area (Å²) in [6, 6.07) is 12.7. The number of aliphatic hydroxyl groups excluding tert-OH is 1. The third kappa shape index (κ3) is 5.45. The van der Waals surface area contributed by atoms with E-state index in [1.807, 2.05) is 0 Å². The Hall–Kier alpha value is -3.10. The predicted molar refractivity (Wildman–Crippen MR) is 100 cm³/mol. The molecule has 0 aliphatic heterocycles. The second-order valence-corrected chi connectivity index (χ2v) is 5.86. The monoisotopic (exact) mass is 389 g/mol. The third-order valence-corrected chi connectivity index (χ3v) is 4.07. The molecule has 150 valence electrons. The topological polar surface area (TPSA) is 114 Å². The van der Waals surface area contributed by atoms with E-state index < -0.39 is 24.2 Å². The van der Waals surface area contributed by atoms with Gasteiger partial charge in [-0.1, -0.05) is 24.3 Å². The number of amides is 2. The molecule has 8 nitrogen and oxygen atoms in total. The number of imide groups is 1. The average Bonchev–Trinajstić information content (AvgIpc) is 2.71. The zero-order valence-corrected chi connectivity index (χ0v) is 15.6. The number of hydrogen-bond donors (Lipinski definition) is 3. The van der Waals surface area contributed by atoms with Crippen LogP contribution in [0.25, 0.3) is 0 Å². The number of phenols is 1. The van der Waals surface area contributed by atoms with Crippen molar-refractivity contribution in [3.8, 4) is 11.5 Å². The first-order chi connectivity index (χ1) is 13.5. The lowest BCUT2D eigenvalue weighted by molar-refractivity contribution is -0.0338. The molecular formula is C20H23NO7. The lowest BCUT2D eigenvalue weighted by atomic mass is 10.0. The van der Waals surface area contributed by atoms with Crippen molar-refractivity contribution in [2.75, 3.05) is 20.8 Å². The summed E-state index contributed by atoms with van der Waals surface area (Å²) < 4.78 is 15.7. The van der Waals surface area contributed by atoms with Gasteiger partial charge >= 0.3 is 6.09 Å². The number of phenolic OH excluding ortho intramolecular Hbond substituents is 1. The molecule has 0 aromatic heterocycles. The summed E-state index contributed by atoms with van der Waals surface area (Å²) >= 11 is 0. The SMILES string of the molecule is COc1ccc([C@H](OC(=O)NC(=O)c2ccccc2)[C@H](CCO)OC)cc1O. The van der Waals surface area contributed by atoms with Gasteiger partial charge in [-0.15, -0.1) is 0 Å². The predicted octanol–water partition coefficient (Wildman–Crippen LogP) is 2.41. The maximum absolute atomic E-state index is 12.3. The normalized spacial score (nSPS) is 12.7. The summed E-state index contributed by atoms with van der Waals surface area (Å²) in [4.78, 5) is 24.4. The number of carbonyl (C=O) groups is 2. The number of alkyl carbamates (subject to hydrolysis) is 1. The van der Waals surface area contributed by atoms with Gasteiger partial charge in [0.25, 0.3) is 5.91 Å². The number of hydrogen-bond acceptors (Lipinski definition) is 7. The van der Waals surface area contributed by atoms with Gasteiger partial charge in [-0.2, -0.15) is 0 Å². The Kier molecular flexibility index (Phi) is 7.79. The first-order valence-corrected chi connectivity index (χ1v) is 8.57. The van der Waals surface area contributed by atoms with Crippen LogP contribution in [0.4, 0.5) is 4.79 Å². The molecule has 0 aliphatic rings. The van der Waals surface area contributed by atoms with Crippen LogP contribution in [-0.2, 0) is 9.47 Å². The van der Waals surface area contributed by atoms with Crippen molar-refractivity contribution in [3.05, 3.63) is 59.7 Å². The molecule has 2 rings (SSSR count). The molecule has 2 atom stereocenters. The van der Waals surface area contributed by atoms with Gasteiger partial charge in [-0.05, 0) is 29.8 Å². The highest BCUT2D eigenvalue weighted by Crippen LogP contribution is 2.33. The van der Waals surface area contributed by atoms with Crippen LogP contribution in [0.5, 0.6) is 11.5 Å². The van der Waals surface area contributed by atoms with E-state index in [4.69, 9.17) is 14.2 Å². The van der Waals surface area contributed by atoms with Crippen molar-refractivity contribution < 1.29 is 34.0 Å². The van der Waals surface area contributed by atoms with Gasteiger partial charge in [0.1, 0.15) is 6.10 Å². The maximum atomic E-state index is 12.3. The molecule has 2 aromatic carbocycles. The lowest BCUT2D eigenvalue weighted by Gasteiger charge is -2.26. The fraction of sp³-hybridized carbons (Fsp3) is 0.300. The number of benzene rings is 2. The largest absolute Gasteiger partial charge is 0.504 e. The zero-order chi connectivity index (χ0) is 20.5. The van der Waals surface area contributed by atoms with Crippen LogP contribution >= 0.6 is 0 Å². The van der Waals surface area contributed by atoms with E-state index in [-0.39, 0.29) is 24.5 Å². The fourth-order valence-electron chi connectivity index (χ4n) is 2.66. The summed E-state index contributed by atoms with van der Waals surface area (Å²) in [5, 5.41) is 21.4. The molecule has 3 N–H and O–H groups in total. The van der Waals surface area contributed by atoms with E-state index >= 15 is 0 Å². The van der Waals surface area contributed by atoms with Crippen molar-refractivity contribution in [1.82, 2.24) is 5.32 Å². The Balaban J connectivity index is 2.20. The number of carbonyl (C=O) groups excluding carboxylic acids is 2. The second-order valence-electron chi connectivity index (χ2n) is 5.86. The zero-order valence-electron chi connectivity index (χ0n) is 15.6. The van der Waals surface area contributed by atoms with E-state index in [9.17, 15) is 19.8 Å². The molecule has 0 spiro atoms. The summed E-state index contributed by atoms with van der Waals surface area (Å²) in [6.45, 7) is -0.203. The molecule has 2 aromatic rings. The quantitative estimate of drug-likeness (QED) is 0.635. The first kappa shape index (κ1) is 21.2. The van der Waals surface area contributed by atoms with E-state index in [1.165, 1.54) is 26.4 Å². The third-order valence-electron chi connectivity index (χ3n) is 4.07. The summed E-state index contributed by atoms with van der Waals surface area (Å²) in [6.07, 6.45) is -2.48. The lowest BCUT2D eigenvalue weighted by Crippen LogP contribution is -2.35. The van der Waals surface area contributed by atoms with Gasteiger partial charge in [0.05, 0.1) is 7.11 Å². The maximum Gasteiger partial charge on any atom is 0.414 e. The Morgan fingerprint density at radius 3 is 2.39 bits per heavy atom. The molecule has 0 saturated carbocycles.